The fraction of sp³-hybridized carbons (Fsp3) is 0.836. The molecule has 2 rings (SSSR count). The highest BCUT2D eigenvalue weighted by molar-refractivity contribution is 5.99. The summed E-state index contributed by atoms with van der Waals surface area (Å²) in [4.78, 5) is 170. The van der Waals surface area contributed by atoms with Crippen LogP contribution in [0.15, 0.2) is 0 Å². The van der Waals surface area contributed by atoms with E-state index in [4.69, 9.17) is 4.74 Å². The lowest BCUT2D eigenvalue weighted by atomic mass is 9.91. The van der Waals surface area contributed by atoms with Gasteiger partial charge in [0.05, 0.1) is 18.8 Å². The number of carbonyl (C=O) groups is 11. The van der Waals surface area contributed by atoms with Gasteiger partial charge in [0, 0.05) is 68.2 Å². The summed E-state index contributed by atoms with van der Waals surface area (Å²) in [6.45, 7) is 28.7. The van der Waals surface area contributed by atoms with E-state index in [2.05, 4.69) is 21.3 Å². The number of halogens is 2. The molecule has 0 unspecified atom stereocenters. The summed E-state index contributed by atoms with van der Waals surface area (Å²) >= 11 is 0. The lowest BCUT2D eigenvalue weighted by Crippen LogP contribution is -2.64. The third-order valence-electron chi connectivity index (χ3n) is 17.8. The van der Waals surface area contributed by atoms with Gasteiger partial charge in [-0.1, -0.05) is 104 Å². The number of esters is 1. The number of nitrogens with one attached hydrogen (secondary N) is 4. The Morgan fingerprint density at radius 1 is 0.489 bits per heavy atom. The number of nitrogens with zero attached hydrogens (tertiary/aromatic N) is 7. The first-order chi connectivity index (χ1) is 43.3. The minimum atomic E-state index is -2.83. The average Bonchev–Trinajstić information content (AvgIpc) is 0.825. The quantitative estimate of drug-likeness (QED) is 0.107. The number of likely N-dealkylation sites (tertiary alicyclic amines) is 1. The highest BCUT2D eigenvalue weighted by Gasteiger charge is 2.46. The van der Waals surface area contributed by atoms with Crippen molar-refractivity contribution in [3.63, 3.8) is 0 Å². The normalized spacial score (nSPS) is 27.4. The maximum atomic E-state index is 15.3. The number of hydrogen-bond acceptors (Lipinski definition) is 15. The number of aliphatic hydroxyl groups is 2. The molecule has 27 heteroatoms. The highest BCUT2D eigenvalue weighted by Crippen LogP contribution is 2.30. The second-order valence-corrected chi connectivity index (χ2v) is 29.5. The SMILES string of the molecule is CC(C)C[C@@H]1C(=O)N[C@H](CC(C)C)C(=O)N(C)[C@H](C(C)C)C(=O)N(C)[C@H]([C@H](O)[C@H](C)CCN2CCC(F)(F)CC2)C(=O)N[C@H]([C@@H](C)O)C(=O)N(C)CC(=O)N(C)[C@@H](CC(C)C)C(=O)N[C@H](CC(C)C)C(=O)N(C)[C@H](CC(C)C)C(=O)N[C@H](C)C(=O)O[C@@H](C(C)C)C(=O)N1C. The van der Waals surface area contributed by atoms with E-state index in [1.807, 2.05) is 69.2 Å². The molecule has 6 N–H and O–H groups in total. The zero-order valence-corrected chi connectivity index (χ0v) is 60.7. The number of hydrogen-bond donors (Lipinski definition) is 6. The number of cyclic esters (lactones) is 1. The van der Waals surface area contributed by atoms with Crippen molar-refractivity contribution < 1.29 is 76.5 Å². The van der Waals surface area contributed by atoms with Crippen LogP contribution in [0.3, 0.4) is 0 Å². The molecule has 0 aromatic carbocycles. The van der Waals surface area contributed by atoms with E-state index < -0.39 is 168 Å². The van der Waals surface area contributed by atoms with Crippen LogP contribution in [0.5, 0.6) is 0 Å². The van der Waals surface area contributed by atoms with Crippen LogP contribution >= 0.6 is 0 Å². The van der Waals surface area contributed by atoms with Crippen molar-refractivity contribution in [3.8, 4) is 0 Å². The second kappa shape index (κ2) is 37.4. The summed E-state index contributed by atoms with van der Waals surface area (Å²) < 4.78 is 34.3. The van der Waals surface area contributed by atoms with Crippen molar-refractivity contribution in [2.75, 3.05) is 68.5 Å². The minimum absolute atomic E-state index is 0.0424. The molecule has 0 aromatic rings. The first-order valence-electron chi connectivity index (χ1n) is 33.7. The Labute approximate surface area is 558 Å². The summed E-state index contributed by atoms with van der Waals surface area (Å²) in [7, 11) is 7.96. The molecule has 25 nitrogen and oxygen atoms in total. The van der Waals surface area contributed by atoms with Gasteiger partial charge in [-0.05, 0) is 106 Å². The van der Waals surface area contributed by atoms with Crippen LogP contribution < -0.4 is 21.3 Å². The van der Waals surface area contributed by atoms with Gasteiger partial charge in [0.2, 0.25) is 53.2 Å². The van der Waals surface area contributed by atoms with E-state index in [-0.39, 0.29) is 101 Å². The molecular formula is C67H119F2N11O14. The summed E-state index contributed by atoms with van der Waals surface area (Å²) in [6, 6.07) is -12.7. The molecule has 0 bridgehead atoms. The van der Waals surface area contributed by atoms with E-state index in [0.717, 1.165) is 24.5 Å². The molecule has 2 saturated heterocycles. The molecule has 0 spiro atoms. The summed E-state index contributed by atoms with van der Waals surface area (Å²) in [5, 5.41) is 34.6. The molecule has 2 fully saturated rings. The van der Waals surface area contributed by atoms with Gasteiger partial charge in [-0.2, -0.15) is 0 Å². The van der Waals surface area contributed by atoms with Crippen LogP contribution in [0.25, 0.3) is 0 Å². The Balaban J connectivity index is 3.03. The maximum Gasteiger partial charge on any atom is 0.329 e. The average molecular weight is 1340 g/mol. The first kappa shape index (κ1) is 84.0. The molecule has 10 amide bonds. The van der Waals surface area contributed by atoms with Gasteiger partial charge >= 0.3 is 5.97 Å². The van der Waals surface area contributed by atoms with E-state index in [1.54, 1.807) is 39.5 Å². The minimum Gasteiger partial charge on any atom is -0.450 e. The van der Waals surface area contributed by atoms with Crippen molar-refractivity contribution in [1.29, 1.82) is 0 Å². The van der Waals surface area contributed by atoms with Crippen molar-refractivity contribution in [1.82, 2.24) is 55.6 Å². The molecule has 2 heterocycles. The van der Waals surface area contributed by atoms with Crippen LogP contribution in [0.1, 0.15) is 169 Å². The third kappa shape index (κ3) is 24.5. The summed E-state index contributed by atoms with van der Waals surface area (Å²) in [6.07, 6.45) is -5.08. The lowest BCUT2D eigenvalue weighted by Gasteiger charge is -2.40. The fourth-order valence-corrected chi connectivity index (χ4v) is 12.0. The maximum absolute atomic E-state index is 15.3. The number of ether oxygens (including phenoxy) is 1. The van der Waals surface area contributed by atoms with Crippen LogP contribution in [-0.2, 0) is 57.5 Å². The smallest absolute Gasteiger partial charge is 0.329 e. The molecule has 0 saturated carbocycles. The van der Waals surface area contributed by atoms with Gasteiger partial charge in [-0.25, -0.2) is 13.6 Å². The molecule has 13 atom stereocenters. The number of piperidine rings is 1. The van der Waals surface area contributed by atoms with E-state index >= 15 is 14.4 Å². The second-order valence-electron chi connectivity index (χ2n) is 29.5. The zero-order chi connectivity index (χ0) is 72.5. The van der Waals surface area contributed by atoms with Gasteiger partial charge in [-0.3, -0.25) is 47.9 Å². The predicted molar refractivity (Wildman–Crippen MR) is 353 cm³/mol. The number of aliphatic hydroxyl groups excluding tert-OH is 2. The fourth-order valence-electron chi connectivity index (χ4n) is 12.0. The van der Waals surface area contributed by atoms with Crippen LogP contribution in [0.4, 0.5) is 8.78 Å². The number of carbonyl (C=O) groups excluding carboxylic acids is 11. The highest BCUT2D eigenvalue weighted by atomic mass is 19.3. The van der Waals surface area contributed by atoms with E-state index in [1.165, 1.54) is 61.0 Å². The lowest BCUT2D eigenvalue weighted by molar-refractivity contribution is -0.166. The number of alkyl halides is 2. The van der Waals surface area contributed by atoms with Crippen molar-refractivity contribution in [2.45, 2.75) is 248 Å². The predicted octanol–water partition coefficient (Wildman–Crippen LogP) is 3.51. The Kier molecular flexibility index (Phi) is 33.4. The Bertz CT molecular complexity index is 2560. The van der Waals surface area contributed by atoms with Crippen LogP contribution in [-0.4, -0.2) is 257 Å². The Morgan fingerprint density at radius 2 is 0.894 bits per heavy atom. The number of amides is 10. The standard InChI is InChI=1S/C67H119F2N11O14/c1-36(2)30-46-61(88)76(20)49(33-39(7)8)57(84)70-44(16)66(93)94-56(42(13)14)65(92)77(21)50(34-40(9)10)59(86)72-47(31-37(3)4)62(89)78(22)53(41(11)12)64(91)79(23)54(55(83)43(15)24-27-80-28-25-67(68,69)26-29-80)60(87)73-52(45(17)81)63(90)74(18)35-51(82)75(19)48(32-38(5)6)58(85)71-46/h36-50,52-56,81,83H,24-35H2,1-23H3,(H,70,84)(H,71,85)(H,72,86)(H,73,87)/t43-,44-,45-,46-,47-,48+,49-,50-,52-,53-,54-,55-,56+/m1/s1. The van der Waals surface area contributed by atoms with Gasteiger partial charge in [-0.15, -0.1) is 0 Å². The molecule has 0 aliphatic carbocycles. The third-order valence-corrected chi connectivity index (χ3v) is 17.8. The van der Waals surface area contributed by atoms with Crippen molar-refractivity contribution in [2.24, 2.45) is 47.3 Å². The molecule has 2 aliphatic rings. The number of likely N-dealkylation sites (N-methyl/N-ethyl adjacent to an activating group) is 6. The zero-order valence-electron chi connectivity index (χ0n) is 60.7. The molecular weight excluding hydrogens is 1220 g/mol. The largest absolute Gasteiger partial charge is 0.450 e. The molecule has 0 aromatic heterocycles. The van der Waals surface area contributed by atoms with Gasteiger partial charge in [0.25, 0.3) is 11.8 Å². The summed E-state index contributed by atoms with van der Waals surface area (Å²) in [5.41, 5.74) is 0. The van der Waals surface area contributed by atoms with Crippen LogP contribution in [0, 0.1) is 47.3 Å². The molecule has 2 aliphatic heterocycles. The molecule has 540 valence electrons. The van der Waals surface area contributed by atoms with E-state index in [0.29, 0.717) is 0 Å². The Morgan fingerprint density at radius 3 is 1.31 bits per heavy atom. The van der Waals surface area contributed by atoms with E-state index in [9.17, 15) is 57.4 Å². The van der Waals surface area contributed by atoms with Gasteiger partial charge in [0.1, 0.15) is 54.4 Å². The topological polar surface area (TPSA) is 308 Å². The van der Waals surface area contributed by atoms with Gasteiger partial charge in [0.15, 0.2) is 6.10 Å². The van der Waals surface area contributed by atoms with Gasteiger partial charge < -0.3 is 70.5 Å². The van der Waals surface area contributed by atoms with Crippen molar-refractivity contribution >= 4 is 65.0 Å². The Hall–Kier alpha value is -6.09. The molecule has 0 radical (unpaired) electrons. The molecule has 94 heavy (non-hydrogen) atoms. The van der Waals surface area contributed by atoms with Crippen LogP contribution in [0.2, 0.25) is 0 Å². The first-order valence-corrected chi connectivity index (χ1v) is 33.7. The van der Waals surface area contributed by atoms with Crippen molar-refractivity contribution in [3.05, 3.63) is 0 Å². The monoisotopic (exact) mass is 1340 g/mol. The summed E-state index contributed by atoms with van der Waals surface area (Å²) in [5.74, 6) is -15.1. The number of rotatable bonds is 18.